The van der Waals surface area contributed by atoms with Crippen molar-refractivity contribution in [1.29, 1.82) is 0 Å². The lowest BCUT2D eigenvalue weighted by Gasteiger charge is -1.88. The maximum Gasteiger partial charge on any atom is 0.173 e. The van der Waals surface area contributed by atoms with E-state index in [-0.39, 0.29) is 5.16 Å². The topological polar surface area (TPSA) is 25.5 Å². The van der Waals surface area contributed by atoms with Crippen LogP contribution < -0.4 is 10.6 Å². The molecule has 0 fully saturated rings. The second kappa shape index (κ2) is 5.99. The first-order valence-electron chi connectivity index (χ1n) is 4.79. The lowest BCUT2D eigenvalue weighted by molar-refractivity contribution is 0.529. The molecule has 0 aliphatic carbocycles. The van der Waals surface area contributed by atoms with E-state index >= 15 is 0 Å². The molecular formula is C11H13Cl2NO. The maximum atomic E-state index is 5.96. The molecule has 0 saturated heterocycles. The van der Waals surface area contributed by atoms with Gasteiger partial charge in [-0.1, -0.05) is 42.6 Å². The van der Waals surface area contributed by atoms with Gasteiger partial charge in [0.25, 0.3) is 0 Å². The first kappa shape index (κ1) is 12.3. The van der Waals surface area contributed by atoms with Crippen molar-refractivity contribution in [2.75, 3.05) is 0 Å². The van der Waals surface area contributed by atoms with E-state index in [1.807, 2.05) is 6.07 Å². The van der Waals surface area contributed by atoms with Crippen LogP contribution in [0.2, 0.25) is 0 Å². The molecule has 1 rings (SSSR count). The van der Waals surface area contributed by atoms with Crippen molar-refractivity contribution in [3.63, 3.8) is 0 Å². The van der Waals surface area contributed by atoms with Gasteiger partial charge >= 0.3 is 0 Å². The normalized spacial score (nSPS) is 15.7. The second-order valence-corrected chi connectivity index (χ2v) is 4.00. The molecule has 82 valence electrons. The summed E-state index contributed by atoms with van der Waals surface area (Å²) in [6.07, 6.45) is 5.74. The Morgan fingerprint density at radius 3 is 2.87 bits per heavy atom. The quantitative estimate of drug-likeness (QED) is 0.594. The average Bonchev–Trinajstić information content (AvgIpc) is 2.61. The van der Waals surface area contributed by atoms with Gasteiger partial charge in [0.05, 0.1) is 6.26 Å². The Balaban J connectivity index is 3.25. The highest BCUT2D eigenvalue weighted by atomic mass is 35.5. The number of nitrogens with zero attached hydrogens (tertiary/aromatic N) is 1. The van der Waals surface area contributed by atoms with E-state index in [0.717, 1.165) is 18.1 Å². The molecule has 1 aromatic rings. The van der Waals surface area contributed by atoms with Gasteiger partial charge in [0.15, 0.2) is 10.6 Å². The fourth-order valence-electron chi connectivity index (χ4n) is 1.13. The Kier molecular flexibility index (Phi) is 4.92. The lowest BCUT2D eigenvalue weighted by atomic mass is 10.3. The summed E-state index contributed by atoms with van der Waals surface area (Å²) >= 11 is 11.6. The molecule has 0 bridgehead atoms. The number of rotatable bonds is 3. The molecule has 0 atom stereocenters. The van der Waals surface area contributed by atoms with E-state index in [9.17, 15) is 0 Å². The fraction of sp³-hybridized carbons (Fsp3) is 0.364. The van der Waals surface area contributed by atoms with Gasteiger partial charge in [0, 0.05) is 5.22 Å². The summed E-state index contributed by atoms with van der Waals surface area (Å²) in [7, 11) is 0. The van der Waals surface area contributed by atoms with Crippen LogP contribution in [-0.2, 0) is 0 Å². The highest BCUT2D eigenvalue weighted by Crippen LogP contribution is 2.03. The van der Waals surface area contributed by atoms with Crippen LogP contribution >= 0.6 is 23.2 Å². The van der Waals surface area contributed by atoms with Crippen molar-refractivity contribution in [2.45, 2.75) is 26.7 Å². The Bertz CT molecular complexity index is 455. The van der Waals surface area contributed by atoms with Crippen molar-refractivity contribution in [1.82, 2.24) is 0 Å². The smallest absolute Gasteiger partial charge is 0.173 e. The number of halogens is 2. The standard InChI is InChI=1S/C11H13Cl2NO/c1-3-4-5-9-6-7-15-10(9)11(13)14-8(2)12/h5-7H,3-4H2,1-2H3/b9-5+,11-10+,14-8+. The number of aliphatic imine (C=N–C) groups is 1. The Morgan fingerprint density at radius 1 is 1.53 bits per heavy atom. The molecule has 0 amide bonds. The molecule has 2 nitrogen and oxygen atoms in total. The second-order valence-electron chi connectivity index (χ2n) is 3.10. The minimum absolute atomic E-state index is 0.287. The van der Waals surface area contributed by atoms with Gasteiger partial charge in [0.2, 0.25) is 0 Å². The van der Waals surface area contributed by atoms with Crippen molar-refractivity contribution < 1.29 is 4.42 Å². The van der Waals surface area contributed by atoms with E-state index in [4.69, 9.17) is 27.6 Å². The number of unbranched alkanes of at least 4 members (excludes halogenated alkanes) is 1. The van der Waals surface area contributed by atoms with Crippen LogP contribution in [-0.4, -0.2) is 5.17 Å². The minimum atomic E-state index is 0.287. The average molecular weight is 246 g/mol. The SMILES string of the molecule is CCC\C=c1/cco/c1=C(Cl)/N=C(\C)Cl. The summed E-state index contributed by atoms with van der Waals surface area (Å²) in [5.74, 6) is 0. The van der Waals surface area contributed by atoms with Crippen molar-refractivity contribution >= 4 is 39.6 Å². The predicted octanol–water partition coefficient (Wildman–Crippen LogP) is 2.82. The minimum Gasteiger partial charge on any atom is -0.461 e. The molecule has 4 heteroatoms. The van der Waals surface area contributed by atoms with Gasteiger partial charge in [-0.15, -0.1) is 0 Å². The zero-order chi connectivity index (χ0) is 11.3. The van der Waals surface area contributed by atoms with Gasteiger partial charge in [0.1, 0.15) is 5.17 Å². The third-order valence-electron chi connectivity index (χ3n) is 1.79. The lowest BCUT2D eigenvalue weighted by Crippen LogP contribution is -2.20. The largest absolute Gasteiger partial charge is 0.461 e. The highest BCUT2D eigenvalue weighted by molar-refractivity contribution is 6.66. The van der Waals surface area contributed by atoms with Crippen molar-refractivity contribution in [3.05, 3.63) is 23.0 Å². The van der Waals surface area contributed by atoms with E-state index in [1.165, 1.54) is 0 Å². The van der Waals surface area contributed by atoms with E-state index in [0.29, 0.717) is 10.6 Å². The molecule has 0 aliphatic rings. The zero-order valence-electron chi connectivity index (χ0n) is 8.76. The zero-order valence-corrected chi connectivity index (χ0v) is 10.3. The Hall–Kier alpha value is -0.730. The molecule has 0 saturated carbocycles. The molecule has 1 aromatic heterocycles. The van der Waals surface area contributed by atoms with Crippen LogP contribution in [0.15, 0.2) is 21.7 Å². The summed E-state index contributed by atoms with van der Waals surface area (Å²) in [6.45, 7) is 3.78. The molecule has 0 aliphatic heterocycles. The Labute approximate surface area is 98.9 Å². The third kappa shape index (κ3) is 3.73. The summed E-state index contributed by atoms with van der Waals surface area (Å²) in [6, 6.07) is 1.87. The van der Waals surface area contributed by atoms with Crippen molar-refractivity contribution in [2.24, 2.45) is 4.99 Å². The van der Waals surface area contributed by atoms with Crippen LogP contribution in [0, 0.1) is 0 Å². The molecular weight excluding hydrogens is 233 g/mol. The first-order chi connectivity index (χ1) is 7.15. The number of furan rings is 1. The van der Waals surface area contributed by atoms with Gasteiger partial charge in [-0.2, -0.15) is 0 Å². The molecule has 0 aromatic carbocycles. The van der Waals surface area contributed by atoms with E-state index in [2.05, 4.69) is 18.0 Å². The predicted molar refractivity (Wildman–Crippen MR) is 65.6 cm³/mol. The molecule has 0 unspecified atom stereocenters. The first-order valence-corrected chi connectivity index (χ1v) is 5.55. The summed E-state index contributed by atoms with van der Waals surface area (Å²) in [4.78, 5) is 3.94. The fourth-order valence-corrected chi connectivity index (χ4v) is 1.54. The monoisotopic (exact) mass is 245 g/mol. The van der Waals surface area contributed by atoms with Crippen molar-refractivity contribution in [3.8, 4) is 0 Å². The molecule has 0 radical (unpaired) electrons. The van der Waals surface area contributed by atoms with Gasteiger partial charge in [-0.25, -0.2) is 4.99 Å². The number of hydrogen-bond donors (Lipinski definition) is 0. The van der Waals surface area contributed by atoms with Gasteiger partial charge < -0.3 is 4.42 Å². The summed E-state index contributed by atoms with van der Waals surface area (Å²) in [5, 5.41) is 1.64. The van der Waals surface area contributed by atoms with Gasteiger partial charge in [-0.3, -0.25) is 0 Å². The molecule has 1 heterocycles. The maximum absolute atomic E-state index is 5.96. The number of hydrogen-bond acceptors (Lipinski definition) is 2. The van der Waals surface area contributed by atoms with E-state index in [1.54, 1.807) is 13.2 Å². The Morgan fingerprint density at radius 2 is 2.27 bits per heavy atom. The molecule has 0 spiro atoms. The molecule has 0 N–H and O–H groups in total. The van der Waals surface area contributed by atoms with E-state index < -0.39 is 0 Å². The van der Waals surface area contributed by atoms with Gasteiger partial charge in [-0.05, 0) is 19.4 Å². The van der Waals surface area contributed by atoms with Crippen LogP contribution in [0.1, 0.15) is 26.7 Å². The molecule has 15 heavy (non-hydrogen) atoms. The highest BCUT2D eigenvalue weighted by Gasteiger charge is 1.97. The summed E-state index contributed by atoms with van der Waals surface area (Å²) < 4.78 is 5.26. The van der Waals surface area contributed by atoms with Crippen LogP contribution in [0.3, 0.4) is 0 Å². The van der Waals surface area contributed by atoms with Crippen LogP contribution in [0.25, 0.3) is 11.2 Å². The third-order valence-corrected chi connectivity index (χ3v) is 2.13. The van der Waals surface area contributed by atoms with Crippen LogP contribution in [0.5, 0.6) is 0 Å². The van der Waals surface area contributed by atoms with Crippen LogP contribution in [0.4, 0.5) is 0 Å². The summed E-state index contributed by atoms with van der Waals surface area (Å²) in [5.41, 5.74) is 0.574.